The summed E-state index contributed by atoms with van der Waals surface area (Å²) in [4.78, 5) is 28.2. The summed E-state index contributed by atoms with van der Waals surface area (Å²) in [7, 11) is 0. The zero-order chi connectivity index (χ0) is 20.4. The van der Waals surface area contributed by atoms with Gasteiger partial charge in [-0.25, -0.2) is 4.79 Å². The van der Waals surface area contributed by atoms with Crippen LogP contribution in [0.15, 0.2) is 79.0 Å². The summed E-state index contributed by atoms with van der Waals surface area (Å²) in [6, 6.07) is 22.3. The number of amides is 1. The lowest BCUT2D eigenvalue weighted by molar-refractivity contribution is 0.0696. The fourth-order valence-corrected chi connectivity index (χ4v) is 3.26. The standard InChI is InChI=1S/C24H18N2O3/c1-15-5-4-6-16(11-15)20-7-2-3-8-21(20)23(27)26-19-10-9-17-12-18(24(28)29)14-25-22(17)13-19/h2-14H,1H3,(H,26,27)(H,28,29). The van der Waals surface area contributed by atoms with Gasteiger partial charge in [-0.15, -0.1) is 0 Å². The van der Waals surface area contributed by atoms with Crippen LogP contribution in [0, 0.1) is 6.92 Å². The van der Waals surface area contributed by atoms with Gasteiger partial charge in [0.15, 0.2) is 0 Å². The monoisotopic (exact) mass is 382 g/mol. The minimum absolute atomic E-state index is 0.126. The molecule has 0 fully saturated rings. The maximum Gasteiger partial charge on any atom is 0.337 e. The van der Waals surface area contributed by atoms with Gasteiger partial charge in [0, 0.05) is 22.8 Å². The average molecular weight is 382 g/mol. The number of carbonyl (C=O) groups excluding carboxylic acids is 1. The largest absolute Gasteiger partial charge is 0.478 e. The average Bonchev–Trinajstić information content (AvgIpc) is 2.73. The minimum Gasteiger partial charge on any atom is -0.478 e. The molecule has 5 heteroatoms. The van der Waals surface area contributed by atoms with E-state index < -0.39 is 5.97 Å². The van der Waals surface area contributed by atoms with Crippen molar-refractivity contribution in [3.63, 3.8) is 0 Å². The zero-order valence-corrected chi connectivity index (χ0v) is 15.7. The third-order valence-corrected chi connectivity index (χ3v) is 4.69. The smallest absolute Gasteiger partial charge is 0.337 e. The number of carboxylic acids is 1. The second-order valence-electron chi connectivity index (χ2n) is 6.81. The molecule has 0 aliphatic carbocycles. The molecular weight excluding hydrogens is 364 g/mol. The summed E-state index contributed by atoms with van der Waals surface area (Å²) in [6.07, 6.45) is 1.31. The van der Waals surface area contributed by atoms with Gasteiger partial charge in [0.25, 0.3) is 5.91 Å². The first-order valence-corrected chi connectivity index (χ1v) is 9.12. The molecule has 4 aromatic rings. The molecule has 0 spiro atoms. The first-order valence-electron chi connectivity index (χ1n) is 9.12. The summed E-state index contributed by atoms with van der Waals surface area (Å²) in [6.45, 7) is 2.02. The molecular formula is C24H18N2O3. The number of hydrogen-bond donors (Lipinski definition) is 2. The van der Waals surface area contributed by atoms with Crippen LogP contribution in [-0.4, -0.2) is 22.0 Å². The van der Waals surface area contributed by atoms with Crippen molar-refractivity contribution in [2.45, 2.75) is 6.92 Å². The predicted molar refractivity (Wildman–Crippen MR) is 113 cm³/mol. The Balaban J connectivity index is 1.65. The van der Waals surface area contributed by atoms with Crippen molar-refractivity contribution in [3.8, 4) is 11.1 Å². The van der Waals surface area contributed by atoms with Crippen LogP contribution in [-0.2, 0) is 0 Å². The van der Waals surface area contributed by atoms with Gasteiger partial charge in [-0.1, -0.05) is 54.1 Å². The second-order valence-corrected chi connectivity index (χ2v) is 6.81. The Bertz CT molecular complexity index is 1250. The summed E-state index contributed by atoms with van der Waals surface area (Å²) >= 11 is 0. The Kier molecular flexibility index (Phi) is 4.79. The van der Waals surface area contributed by atoms with Crippen molar-refractivity contribution >= 4 is 28.5 Å². The van der Waals surface area contributed by atoms with Gasteiger partial charge in [-0.2, -0.15) is 0 Å². The van der Waals surface area contributed by atoms with Crippen molar-refractivity contribution in [2.24, 2.45) is 0 Å². The fourth-order valence-electron chi connectivity index (χ4n) is 3.26. The SMILES string of the molecule is Cc1cccc(-c2ccccc2C(=O)Nc2ccc3cc(C(=O)O)cnc3c2)c1. The molecule has 1 aromatic heterocycles. The van der Waals surface area contributed by atoms with E-state index in [0.29, 0.717) is 22.2 Å². The van der Waals surface area contributed by atoms with E-state index in [1.807, 2.05) is 49.4 Å². The van der Waals surface area contributed by atoms with Crippen molar-refractivity contribution in [1.29, 1.82) is 0 Å². The molecule has 142 valence electrons. The van der Waals surface area contributed by atoms with Gasteiger partial charge in [0.05, 0.1) is 11.1 Å². The molecule has 0 bridgehead atoms. The Hall–Kier alpha value is -3.99. The van der Waals surface area contributed by atoms with Crippen LogP contribution >= 0.6 is 0 Å². The highest BCUT2D eigenvalue weighted by Gasteiger charge is 2.13. The minimum atomic E-state index is -1.02. The number of anilines is 1. The summed E-state index contributed by atoms with van der Waals surface area (Å²) < 4.78 is 0. The highest BCUT2D eigenvalue weighted by Crippen LogP contribution is 2.26. The molecule has 1 heterocycles. The van der Waals surface area contributed by atoms with Gasteiger partial charge in [-0.3, -0.25) is 9.78 Å². The third kappa shape index (κ3) is 3.84. The number of aromatic nitrogens is 1. The van der Waals surface area contributed by atoms with E-state index in [9.17, 15) is 9.59 Å². The Morgan fingerprint density at radius 1 is 0.931 bits per heavy atom. The molecule has 0 radical (unpaired) electrons. The van der Waals surface area contributed by atoms with Gasteiger partial charge in [-0.05, 0) is 42.3 Å². The van der Waals surface area contributed by atoms with Crippen LogP contribution in [0.3, 0.4) is 0 Å². The number of carboxylic acid groups (broad SMARTS) is 1. The first-order chi connectivity index (χ1) is 14.0. The predicted octanol–water partition coefficient (Wildman–Crippen LogP) is 5.16. The maximum atomic E-state index is 13.0. The molecule has 0 atom stereocenters. The fraction of sp³-hybridized carbons (Fsp3) is 0.0417. The van der Waals surface area contributed by atoms with Crippen molar-refractivity contribution in [1.82, 2.24) is 4.98 Å². The summed E-state index contributed by atoms with van der Waals surface area (Å²) in [5, 5.41) is 12.7. The van der Waals surface area contributed by atoms with E-state index in [1.165, 1.54) is 6.20 Å². The number of carbonyl (C=O) groups is 2. The van der Waals surface area contributed by atoms with Crippen LogP contribution in [0.2, 0.25) is 0 Å². The van der Waals surface area contributed by atoms with Crippen LogP contribution in [0.25, 0.3) is 22.0 Å². The van der Waals surface area contributed by atoms with Gasteiger partial charge >= 0.3 is 5.97 Å². The number of pyridine rings is 1. The van der Waals surface area contributed by atoms with E-state index in [-0.39, 0.29) is 11.5 Å². The van der Waals surface area contributed by atoms with E-state index in [2.05, 4.69) is 10.3 Å². The lowest BCUT2D eigenvalue weighted by Crippen LogP contribution is -2.13. The normalized spacial score (nSPS) is 10.7. The number of nitrogens with zero attached hydrogens (tertiary/aromatic N) is 1. The molecule has 0 aliphatic heterocycles. The lowest BCUT2D eigenvalue weighted by atomic mass is 9.98. The summed E-state index contributed by atoms with van der Waals surface area (Å²) in [5.74, 6) is -1.24. The van der Waals surface area contributed by atoms with Crippen molar-refractivity contribution < 1.29 is 14.7 Å². The molecule has 0 saturated heterocycles. The van der Waals surface area contributed by atoms with Crippen molar-refractivity contribution in [2.75, 3.05) is 5.32 Å². The molecule has 5 nitrogen and oxygen atoms in total. The summed E-state index contributed by atoms with van der Waals surface area (Å²) in [5.41, 5.74) is 4.88. The molecule has 4 rings (SSSR count). The molecule has 0 saturated carbocycles. The van der Waals surface area contributed by atoms with Crippen LogP contribution in [0.5, 0.6) is 0 Å². The first kappa shape index (κ1) is 18.4. The molecule has 3 aromatic carbocycles. The van der Waals surface area contributed by atoms with Gasteiger partial charge in [0.1, 0.15) is 0 Å². The Morgan fingerprint density at radius 2 is 1.76 bits per heavy atom. The maximum absolute atomic E-state index is 13.0. The Morgan fingerprint density at radius 3 is 2.55 bits per heavy atom. The number of benzene rings is 3. The number of hydrogen-bond acceptors (Lipinski definition) is 3. The highest BCUT2D eigenvalue weighted by atomic mass is 16.4. The van der Waals surface area contributed by atoms with E-state index in [4.69, 9.17) is 5.11 Å². The second kappa shape index (κ2) is 7.56. The molecule has 2 N–H and O–H groups in total. The van der Waals surface area contributed by atoms with Gasteiger partial charge in [0.2, 0.25) is 0 Å². The van der Waals surface area contributed by atoms with E-state index in [1.54, 1.807) is 30.3 Å². The number of fused-ring (bicyclic) bond motifs is 1. The van der Waals surface area contributed by atoms with Crippen LogP contribution in [0.1, 0.15) is 26.3 Å². The molecule has 0 aliphatic rings. The van der Waals surface area contributed by atoms with Crippen LogP contribution < -0.4 is 5.32 Å². The van der Waals surface area contributed by atoms with Gasteiger partial charge < -0.3 is 10.4 Å². The lowest BCUT2D eigenvalue weighted by Gasteiger charge is -2.11. The van der Waals surface area contributed by atoms with Crippen LogP contribution in [0.4, 0.5) is 5.69 Å². The molecule has 1 amide bonds. The van der Waals surface area contributed by atoms with E-state index >= 15 is 0 Å². The topological polar surface area (TPSA) is 79.3 Å². The number of aromatic carboxylic acids is 1. The zero-order valence-electron chi connectivity index (χ0n) is 15.7. The quantitative estimate of drug-likeness (QED) is 0.511. The third-order valence-electron chi connectivity index (χ3n) is 4.69. The number of rotatable bonds is 4. The van der Waals surface area contributed by atoms with Crippen molar-refractivity contribution in [3.05, 3.63) is 95.7 Å². The molecule has 29 heavy (non-hydrogen) atoms. The number of nitrogens with one attached hydrogen (secondary N) is 1. The van der Waals surface area contributed by atoms with E-state index in [0.717, 1.165) is 16.7 Å². The highest BCUT2D eigenvalue weighted by molar-refractivity contribution is 6.09. The number of aryl methyl sites for hydroxylation is 1. The molecule has 0 unspecified atom stereocenters. The Labute approximate surface area is 167 Å².